The predicted octanol–water partition coefficient (Wildman–Crippen LogP) is 3.33. The fourth-order valence-electron chi connectivity index (χ4n) is 1.29. The van der Waals surface area contributed by atoms with E-state index < -0.39 is 17.6 Å². The Morgan fingerprint density at radius 1 is 1.14 bits per heavy atom. The molecular weight excluding hydrogens is 198 g/mol. The quantitative estimate of drug-likeness (QED) is 0.632. The summed E-state index contributed by atoms with van der Waals surface area (Å²) >= 11 is 0. The molecule has 0 aliphatic heterocycles. The van der Waals surface area contributed by atoms with Crippen LogP contribution in [0.25, 0.3) is 10.9 Å². The average molecular weight is 203 g/mol. The van der Waals surface area contributed by atoms with Crippen LogP contribution in [0.4, 0.5) is 17.6 Å². The minimum atomic E-state index is -4.51. The first-order chi connectivity index (χ1) is 6.48. The van der Waals surface area contributed by atoms with Crippen LogP contribution in [-0.4, -0.2) is 4.98 Å². The molecule has 0 aliphatic rings. The number of hydrogen-bond acceptors (Lipinski definition) is 0. The van der Waals surface area contributed by atoms with E-state index in [2.05, 4.69) is 4.98 Å². The highest BCUT2D eigenvalue weighted by Gasteiger charge is 2.31. The van der Waals surface area contributed by atoms with Gasteiger partial charge >= 0.3 is 6.18 Å². The number of alkyl halides is 3. The summed E-state index contributed by atoms with van der Waals surface area (Å²) in [7, 11) is 0. The number of nitrogens with one attached hydrogen (secondary N) is 1. The lowest BCUT2D eigenvalue weighted by Gasteiger charge is -2.06. The molecule has 0 spiro atoms. The van der Waals surface area contributed by atoms with Gasteiger partial charge in [-0.3, -0.25) is 0 Å². The minimum absolute atomic E-state index is 0.0954. The van der Waals surface area contributed by atoms with Gasteiger partial charge in [-0.1, -0.05) is 0 Å². The van der Waals surface area contributed by atoms with Crippen molar-refractivity contribution in [2.45, 2.75) is 6.18 Å². The summed E-state index contributed by atoms with van der Waals surface area (Å²) in [5.41, 5.74) is -0.875. The maximum absolute atomic E-state index is 13.1. The molecule has 0 fully saturated rings. The minimum Gasteiger partial charge on any atom is -0.359 e. The summed E-state index contributed by atoms with van der Waals surface area (Å²) < 4.78 is 49.8. The van der Waals surface area contributed by atoms with E-state index in [0.717, 1.165) is 6.07 Å². The summed E-state index contributed by atoms with van der Waals surface area (Å²) in [6.45, 7) is 0. The lowest BCUT2D eigenvalue weighted by molar-refractivity contribution is -0.137. The van der Waals surface area contributed by atoms with Gasteiger partial charge in [0.15, 0.2) is 0 Å². The normalized spacial score (nSPS) is 12.3. The van der Waals surface area contributed by atoms with Crippen molar-refractivity contribution in [3.63, 3.8) is 0 Å². The van der Waals surface area contributed by atoms with Crippen molar-refractivity contribution >= 4 is 10.9 Å². The third-order valence-electron chi connectivity index (χ3n) is 1.94. The van der Waals surface area contributed by atoms with Crippen molar-refractivity contribution in [1.29, 1.82) is 0 Å². The van der Waals surface area contributed by atoms with Crippen molar-refractivity contribution in [3.05, 3.63) is 35.8 Å². The van der Waals surface area contributed by atoms with Gasteiger partial charge in [0.2, 0.25) is 0 Å². The van der Waals surface area contributed by atoms with Crippen molar-refractivity contribution in [2.75, 3.05) is 0 Å². The molecule has 1 aromatic heterocycles. The Balaban J connectivity index is 2.70. The molecule has 0 bridgehead atoms. The van der Waals surface area contributed by atoms with Crippen LogP contribution in [0, 0.1) is 5.82 Å². The molecule has 74 valence electrons. The fourth-order valence-corrected chi connectivity index (χ4v) is 1.29. The van der Waals surface area contributed by atoms with Gasteiger partial charge in [0.05, 0.1) is 11.1 Å². The first-order valence-corrected chi connectivity index (χ1v) is 3.82. The summed E-state index contributed by atoms with van der Waals surface area (Å²) in [6.07, 6.45) is -3.11. The van der Waals surface area contributed by atoms with Gasteiger partial charge in [-0.2, -0.15) is 13.2 Å². The van der Waals surface area contributed by atoms with E-state index in [9.17, 15) is 17.6 Å². The van der Waals surface area contributed by atoms with Crippen molar-refractivity contribution in [1.82, 2.24) is 4.98 Å². The van der Waals surface area contributed by atoms with Crippen LogP contribution in [-0.2, 0) is 6.18 Å². The van der Waals surface area contributed by atoms with Crippen LogP contribution in [0.2, 0.25) is 0 Å². The number of aromatic amines is 1. The molecule has 2 rings (SSSR count). The van der Waals surface area contributed by atoms with Crippen molar-refractivity contribution < 1.29 is 17.6 Å². The van der Waals surface area contributed by atoms with E-state index in [1.54, 1.807) is 0 Å². The Hall–Kier alpha value is -1.52. The number of hydrogen-bond donors (Lipinski definition) is 1. The average Bonchev–Trinajstić information content (AvgIpc) is 2.50. The molecule has 0 radical (unpaired) electrons. The zero-order chi connectivity index (χ0) is 10.3. The van der Waals surface area contributed by atoms with Gasteiger partial charge in [0, 0.05) is 11.6 Å². The maximum Gasteiger partial charge on any atom is 0.416 e. The van der Waals surface area contributed by atoms with Gasteiger partial charge in [-0.15, -0.1) is 0 Å². The van der Waals surface area contributed by atoms with E-state index in [-0.39, 0.29) is 10.9 Å². The van der Waals surface area contributed by atoms with E-state index in [1.165, 1.54) is 12.3 Å². The number of fused-ring (bicyclic) bond motifs is 1. The van der Waals surface area contributed by atoms with Crippen LogP contribution in [0.15, 0.2) is 24.4 Å². The lowest BCUT2D eigenvalue weighted by atomic mass is 10.1. The Bertz CT molecular complexity index is 469. The number of rotatable bonds is 0. The summed E-state index contributed by atoms with van der Waals surface area (Å²) in [5.74, 6) is -0.889. The Kier molecular flexibility index (Phi) is 1.77. The first kappa shape index (κ1) is 9.05. The Labute approximate surface area is 76.3 Å². The summed E-state index contributed by atoms with van der Waals surface area (Å²) in [6, 6.07) is 2.79. The van der Waals surface area contributed by atoms with Gasteiger partial charge < -0.3 is 4.98 Å². The zero-order valence-corrected chi connectivity index (χ0v) is 6.82. The SMILES string of the molecule is Fc1cc(C(F)(F)F)cc2cc[nH]c12. The highest BCUT2D eigenvalue weighted by atomic mass is 19.4. The van der Waals surface area contributed by atoms with Crippen LogP contribution in [0.3, 0.4) is 0 Å². The second-order valence-corrected chi connectivity index (χ2v) is 2.90. The largest absolute Gasteiger partial charge is 0.416 e. The first-order valence-electron chi connectivity index (χ1n) is 3.82. The molecule has 1 heterocycles. The van der Waals surface area contributed by atoms with Crippen molar-refractivity contribution in [3.8, 4) is 0 Å². The topological polar surface area (TPSA) is 15.8 Å². The number of aromatic nitrogens is 1. The Morgan fingerprint density at radius 3 is 2.50 bits per heavy atom. The van der Waals surface area contributed by atoms with Gasteiger partial charge in [0.25, 0.3) is 0 Å². The lowest BCUT2D eigenvalue weighted by Crippen LogP contribution is -2.05. The smallest absolute Gasteiger partial charge is 0.359 e. The van der Waals surface area contributed by atoms with Gasteiger partial charge in [-0.25, -0.2) is 4.39 Å². The molecule has 1 aromatic carbocycles. The fraction of sp³-hybridized carbons (Fsp3) is 0.111. The third kappa shape index (κ3) is 1.34. The number of benzene rings is 1. The molecule has 14 heavy (non-hydrogen) atoms. The molecule has 0 saturated heterocycles. The van der Waals surface area contributed by atoms with Crippen LogP contribution in [0.1, 0.15) is 5.56 Å². The number of H-pyrrole nitrogens is 1. The molecule has 5 heteroatoms. The molecule has 0 atom stereocenters. The molecule has 0 unspecified atom stereocenters. The standard InChI is InChI=1S/C9H5F4N/c10-7-4-6(9(11,12)13)3-5-1-2-14-8(5)7/h1-4,14H. The van der Waals surface area contributed by atoms with E-state index >= 15 is 0 Å². The highest BCUT2D eigenvalue weighted by Crippen LogP contribution is 2.32. The molecule has 1 nitrogen and oxygen atoms in total. The molecule has 0 amide bonds. The van der Waals surface area contributed by atoms with Gasteiger partial charge in [0.1, 0.15) is 5.82 Å². The summed E-state index contributed by atoms with van der Waals surface area (Å²) in [4.78, 5) is 2.52. The van der Waals surface area contributed by atoms with Crippen LogP contribution in [0.5, 0.6) is 0 Å². The van der Waals surface area contributed by atoms with Crippen LogP contribution < -0.4 is 0 Å². The maximum atomic E-state index is 13.1. The van der Waals surface area contributed by atoms with Gasteiger partial charge in [-0.05, 0) is 18.2 Å². The zero-order valence-electron chi connectivity index (χ0n) is 6.82. The predicted molar refractivity (Wildman–Crippen MR) is 43.3 cm³/mol. The monoisotopic (exact) mass is 203 g/mol. The molecule has 1 N–H and O–H groups in total. The van der Waals surface area contributed by atoms with E-state index in [0.29, 0.717) is 6.07 Å². The third-order valence-corrected chi connectivity index (χ3v) is 1.94. The van der Waals surface area contributed by atoms with E-state index in [4.69, 9.17) is 0 Å². The highest BCUT2D eigenvalue weighted by molar-refractivity contribution is 5.80. The second-order valence-electron chi connectivity index (χ2n) is 2.90. The second kappa shape index (κ2) is 2.73. The molecular formula is C9H5F4N. The Morgan fingerprint density at radius 2 is 1.86 bits per heavy atom. The van der Waals surface area contributed by atoms with E-state index in [1.807, 2.05) is 0 Å². The molecule has 0 aliphatic carbocycles. The number of halogens is 4. The molecule has 0 saturated carbocycles. The van der Waals surface area contributed by atoms with Crippen molar-refractivity contribution in [2.24, 2.45) is 0 Å². The van der Waals surface area contributed by atoms with Crippen LogP contribution >= 0.6 is 0 Å². The molecule has 2 aromatic rings. The summed E-state index contributed by atoms with van der Waals surface area (Å²) in [5, 5.41) is 0.220.